The Kier molecular flexibility index (Phi) is 3.21. The van der Waals surface area contributed by atoms with Crippen LogP contribution in [0.25, 0.3) is 10.2 Å². The Bertz CT molecular complexity index is 448. The summed E-state index contributed by atoms with van der Waals surface area (Å²) in [6.45, 7) is 5.34. The number of hydrogen-bond acceptors (Lipinski definition) is 3. The van der Waals surface area contributed by atoms with Crippen LogP contribution in [0.15, 0.2) is 17.5 Å². The molecule has 2 nitrogen and oxygen atoms in total. The highest BCUT2D eigenvalue weighted by Gasteiger charge is 2.05. The van der Waals surface area contributed by atoms with E-state index >= 15 is 0 Å². The minimum Gasteiger partial charge on any atom is -0.370 e. The number of anilines is 1. The van der Waals surface area contributed by atoms with Crippen molar-refractivity contribution in [1.82, 2.24) is 4.98 Å². The number of thiophene rings is 1. The Labute approximate surface area is 94.3 Å². The summed E-state index contributed by atoms with van der Waals surface area (Å²) in [5, 5.41) is 5.49. The number of rotatable bonds is 4. The van der Waals surface area contributed by atoms with Gasteiger partial charge in [0.15, 0.2) is 0 Å². The van der Waals surface area contributed by atoms with Crippen LogP contribution in [0.4, 0.5) is 5.82 Å². The number of fused-ring (bicyclic) bond motifs is 1. The van der Waals surface area contributed by atoms with E-state index in [2.05, 4.69) is 41.7 Å². The highest BCUT2D eigenvalue weighted by molar-refractivity contribution is 7.17. The molecule has 0 fully saturated rings. The lowest BCUT2D eigenvalue weighted by molar-refractivity contribution is 0.962. The van der Waals surface area contributed by atoms with E-state index in [0.717, 1.165) is 30.7 Å². The van der Waals surface area contributed by atoms with E-state index in [-0.39, 0.29) is 0 Å². The van der Waals surface area contributed by atoms with Gasteiger partial charge in [0, 0.05) is 6.54 Å². The number of aromatic nitrogens is 1. The molecule has 15 heavy (non-hydrogen) atoms. The fourth-order valence-corrected chi connectivity index (χ4v) is 2.39. The molecule has 0 bridgehead atoms. The number of aryl methyl sites for hydroxylation is 1. The van der Waals surface area contributed by atoms with Crippen molar-refractivity contribution >= 4 is 27.4 Å². The van der Waals surface area contributed by atoms with Crippen LogP contribution in [0.2, 0.25) is 0 Å². The third-order valence-corrected chi connectivity index (χ3v) is 3.29. The molecule has 0 atom stereocenters. The van der Waals surface area contributed by atoms with Crippen LogP contribution in [0, 0.1) is 0 Å². The van der Waals surface area contributed by atoms with Gasteiger partial charge in [0.05, 0.1) is 10.2 Å². The zero-order chi connectivity index (χ0) is 10.7. The summed E-state index contributed by atoms with van der Waals surface area (Å²) < 4.78 is 1.29. The number of nitrogens with zero attached hydrogens (tertiary/aromatic N) is 1. The van der Waals surface area contributed by atoms with Crippen LogP contribution in [0.5, 0.6) is 0 Å². The van der Waals surface area contributed by atoms with E-state index in [0.29, 0.717) is 0 Å². The summed E-state index contributed by atoms with van der Waals surface area (Å²) in [6.07, 6.45) is 2.17. The normalized spacial score (nSPS) is 10.8. The summed E-state index contributed by atoms with van der Waals surface area (Å²) in [7, 11) is 0. The van der Waals surface area contributed by atoms with Gasteiger partial charge in [0.1, 0.15) is 5.82 Å². The third kappa shape index (κ3) is 2.12. The predicted octanol–water partition coefficient (Wildman–Crippen LogP) is 3.68. The molecule has 0 unspecified atom stereocenters. The highest BCUT2D eigenvalue weighted by Crippen LogP contribution is 2.24. The van der Waals surface area contributed by atoms with E-state index in [1.54, 1.807) is 11.3 Å². The molecule has 2 aromatic heterocycles. The van der Waals surface area contributed by atoms with Gasteiger partial charge in [-0.15, -0.1) is 11.3 Å². The van der Waals surface area contributed by atoms with E-state index in [9.17, 15) is 0 Å². The summed E-state index contributed by atoms with van der Waals surface area (Å²) in [4.78, 5) is 4.64. The largest absolute Gasteiger partial charge is 0.370 e. The minimum atomic E-state index is 0.996. The molecule has 0 aliphatic carbocycles. The van der Waals surface area contributed by atoms with Gasteiger partial charge < -0.3 is 5.32 Å². The highest BCUT2D eigenvalue weighted by atomic mass is 32.1. The van der Waals surface area contributed by atoms with Gasteiger partial charge in [0.2, 0.25) is 0 Å². The molecule has 0 aromatic carbocycles. The third-order valence-electron chi connectivity index (χ3n) is 2.44. The molecule has 0 amide bonds. The van der Waals surface area contributed by atoms with Gasteiger partial charge in [-0.2, -0.15) is 0 Å². The maximum Gasteiger partial charge on any atom is 0.129 e. The second-order valence-electron chi connectivity index (χ2n) is 3.58. The fourth-order valence-electron chi connectivity index (χ4n) is 1.60. The molecule has 0 aliphatic rings. The van der Waals surface area contributed by atoms with E-state index in [1.807, 2.05) is 0 Å². The van der Waals surface area contributed by atoms with E-state index in [1.165, 1.54) is 10.3 Å². The topological polar surface area (TPSA) is 24.9 Å². The molecule has 2 aromatic rings. The molecule has 1 N–H and O–H groups in total. The van der Waals surface area contributed by atoms with Crippen molar-refractivity contribution in [1.29, 1.82) is 0 Å². The van der Waals surface area contributed by atoms with Crippen LogP contribution in [0.3, 0.4) is 0 Å². The quantitative estimate of drug-likeness (QED) is 0.850. The molecule has 0 radical (unpaired) electrons. The summed E-state index contributed by atoms with van der Waals surface area (Å²) in [5.74, 6) is 1.06. The van der Waals surface area contributed by atoms with Gasteiger partial charge in [-0.3, -0.25) is 0 Å². The summed E-state index contributed by atoms with van der Waals surface area (Å²) in [5.41, 5.74) is 2.43. The van der Waals surface area contributed by atoms with Gasteiger partial charge in [-0.1, -0.05) is 13.8 Å². The predicted molar refractivity (Wildman–Crippen MR) is 67.8 cm³/mol. The van der Waals surface area contributed by atoms with Crippen molar-refractivity contribution in [3.8, 4) is 0 Å². The fraction of sp³-hybridized carbons (Fsp3) is 0.417. The van der Waals surface area contributed by atoms with E-state index < -0.39 is 0 Å². The van der Waals surface area contributed by atoms with Crippen LogP contribution in [-0.2, 0) is 6.42 Å². The molecule has 2 rings (SSSR count). The zero-order valence-corrected chi connectivity index (χ0v) is 10.0. The Morgan fingerprint density at radius 2 is 2.27 bits per heavy atom. The Balaban J connectivity index is 2.40. The van der Waals surface area contributed by atoms with Crippen LogP contribution in [0.1, 0.15) is 25.8 Å². The van der Waals surface area contributed by atoms with Gasteiger partial charge in [0.25, 0.3) is 0 Å². The van der Waals surface area contributed by atoms with Crippen LogP contribution < -0.4 is 5.32 Å². The molecule has 80 valence electrons. The van der Waals surface area contributed by atoms with Crippen molar-refractivity contribution in [2.45, 2.75) is 26.7 Å². The maximum absolute atomic E-state index is 4.64. The Morgan fingerprint density at radius 3 is 3.00 bits per heavy atom. The molecule has 0 aliphatic heterocycles. The summed E-state index contributed by atoms with van der Waals surface area (Å²) in [6, 6.07) is 4.33. The smallest absolute Gasteiger partial charge is 0.129 e. The van der Waals surface area contributed by atoms with Crippen molar-refractivity contribution in [3.05, 3.63) is 23.1 Å². The lowest BCUT2D eigenvalue weighted by Gasteiger charge is -2.09. The standard InChI is InChI=1S/C12H16N2S/c1-3-6-13-12-9(4-2)8-11-10(14-12)5-7-15-11/h5,7-8H,3-4,6H2,1-2H3,(H,13,14). The first kappa shape index (κ1) is 10.4. The molecule has 0 saturated heterocycles. The van der Waals surface area contributed by atoms with Crippen molar-refractivity contribution in [2.75, 3.05) is 11.9 Å². The molecule has 0 saturated carbocycles. The first-order valence-corrected chi connectivity index (χ1v) is 6.34. The molecular formula is C12H16N2S. The second-order valence-corrected chi connectivity index (χ2v) is 4.53. The SMILES string of the molecule is CCCNc1nc2ccsc2cc1CC. The summed E-state index contributed by atoms with van der Waals surface area (Å²) >= 11 is 1.76. The monoisotopic (exact) mass is 220 g/mol. The Hall–Kier alpha value is -1.09. The first-order chi connectivity index (χ1) is 7.35. The average molecular weight is 220 g/mol. The lowest BCUT2D eigenvalue weighted by Crippen LogP contribution is -2.04. The maximum atomic E-state index is 4.64. The lowest BCUT2D eigenvalue weighted by atomic mass is 10.2. The second kappa shape index (κ2) is 4.62. The van der Waals surface area contributed by atoms with Gasteiger partial charge in [-0.25, -0.2) is 4.98 Å². The molecule has 2 heterocycles. The van der Waals surface area contributed by atoms with Crippen molar-refractivity contribution in [2.24, 2.45) is 0 Å². The molecule has 3 heteroatoms. The molecular weight excluding hydrogens is 204 g/mol. The number of hydrogen-bond donors (Lipinski definition) is 1. The first-order valence-electron chi connectivity index (χ1n) is 5.46. The van der Waals surface area contributed by atoms with Crippen molar-refractivity contribution < 1.29 is 0 Å². The minimum absolute atomic E-state index is 0.996. The number of nitrogens with one attached hydrogen (secondary N) is 1. The number of pyridine rings is 1. The van der Waals surface area contributed by atoms with Gasteiger partial charge >= 0.3 is 0 Å². The molecule has 0 spiro atoms. The van der Waals surface area contributed by atoms with Crippen LogP contribution in [-0.4, -0.2) is 11.5 Å². The van der Waals surface area contributed by atoms with Gasteiger partial charge in [-0.05, 0) is 35.9 Å². The Morgan fingerprint density at radius 1 is 1.40 bits per heavy atom. The zero-order valence-electron chi connectivity index (χ0n) is 9.21. The van der Waals surface area contributed by atoms with Crippen LogP contribution >= 0.6 is 11.3 Å². The van der Waals surface area contributed by atoms with Crippen molar-refractivity contribution in [3.63, 3.8) is 0 Å². The van der Waals surface area contributed by atoms with E-state index in [4.69, 9.17) is 0 Å². The average Bonchev–Trinajstić information content (AvgIpc) is 2.71.